The summed E-state index contributed by atoms with van der Waals surface area (Å²) in [5, 5.41) is 14.0. The summed E-state index contributed by atoms with van der Waals surface area (Å²) in [4.78, 5) is 20.9. The Bertz CT molecular complexity index is 1330. The highest BCUT2D eigenvalue weighted by Gasteiger charge is 2.31. The maximum atomic E-state index is 11.6. The lowest BCUT2D eigenvalue weighted by atomic mass is 9.78. The number of halogens is 1. The molecule has 1 aliphatic carbocycles. The normalized spacial score (nSPS) is 17.8. The molecule has 2 aromatic carbocycles. The zero-order valence-electron chi connectivity index (χ0n) is 18.4. The first-order valence-corrected chi connectivity index (χ1v) is 12.0. The average Bonchev–Trinajstić information content (AvgIpc) is 3.13. The monoisotopic (exact) mass is 507 g/mol. The molecular formula is C24H26BrN7O. The first-order chi connectivity index (χ1) is 16.1. The number of aromatic nitrogens is 4. The van der Waals surface area contributed by atoms with Crippen molar-refractivity contribution in [1.82, 2.24) is 25.1 Å². The van der Waals surface area contributed by atoms with Crippen molar-refractivity contribution in [3.63, 3.8) is 0 Å². The summed E-state index contributed by atoms with van der Waals surface area (Å²) >= 11 is 3.56. The minimum absolute atomic E-state index is 0.0919. The van der Waals surface area contributed by atoms with Crippen LogP contribution in [0.5, 0.6) is 0 Å². The zero-order chi connectivity index (χ0) is 22.9. The molecule has 170 valence electrons. The van der Waals surface area contributed by atoms with Crippen LogP contribution in [0.3, 0.4) is 0 Å². The number of carbonyl (C=O) groups excluding carboxylic acids is 1. The smallest absolute Gasteiger partial charge is 0.224 e. The van der Waals surface area contributed by atoms with Crippen LogP contribution >= 0.6 is 15.9 Å². The number of fused-ring (bicyclic) bond motifs is 2. The number of carbonyl (C=O) groups is 1. The van der Waals surface area contributed by atoms with Crippen LogP contribution in [0.4, 0.5) is 5.95 Å². The van der Waals surface area contributed by atoms with Gasteiger partial charge in [0.15, 0.2) is 5.65 Å². The fraction of sp³-hybridized carbons (Fsp3) is 0.333. The molecule has 4 N–H and O–H groups in total. The van der Waals surface area contributed by atoms with Crippen molar-refractivity contribution in [3.8, 4) is 5.69 Å². The van der Waals surface area contributed by atoms with E-state index in [1.54, 1.807) is 13.2 Å². The Kier molecular flexibility index (Phi) is 5.99. The summed E-state index contributed by atoms with van der Waals surface area (Å²) < 4.78 is 2.56. The van der Waals surface area contributed by atoms with Gasteiger partial charge in [-0.2, -0.15) is 10.1 Å². The SMILES string of the molecule is CNC(=O)CC1CC(Nc2ncc3c(Br)nn(-c4cc(CCN)c5ccccc5c4)c3n2)C1. The Morgan fingerprint density at radius 1 is 1.24 bits per heavy atom. The van der Waals surface area contributed by atoms with Crippen molar-refractivity contribution in [3.05, 3.63) is 52.8 Å². The molecule has 1 fully saturated rings. The van der Waals surface area contributed by atoms with Gasteiger partial charge in [0.2, 0.25) is 11.9 Å². The predicted octanol–water partition coefficient (Wildman–Crippen LogP) is 3.56. The number of anilines is 1. The van der Waals surface area contributed by atoms with Gasteiger partial charge in [0.1, 0.15) is 4.60 Å². The van der Waals surface area contributed by atoms with E-state index in [4.69, 9.17) is 15.8 Å². The summed E-state index contributed by atoms with van der Waals surface area (Å²) in [6.07, 6.45) is 5.02. The Labute approximate surface area is 200 Å². The third-order valence-electron chi connectivity index (χ3n) is 6.29. The van der Waals surface area contributed by atoms with Crippen molar-refractivity contribution in [2.45, 2.75) is 31.7 Å². The van der Waals surface area contributed by atoms with E-state index in [1.807, 2.05) is 16.8 Å². The van der Waals surface area contributed by atoms with E-state index in [1.165, 1.54) is 10.9 Å². The molecule has 5 rings (SSSR count). The van der Waals surface area contributed by atoms with Crippen LogP contribution in [0.1, 0.15) is 24.8 Å². The van der Waals surface area contributed by atoms with Crippen molar-refractivity contribution < 1.29 is 4.79 Å². The largest absolute Gasteiger partial charge is 0.359 e. The number of benzene rings is 2. The van der Waals surface area contributed by atoms with Crippen LogP contribution in [0.2, 0.25) is 0 Å². The van der Waals surface area contributed by atoms with Crippen molar-refractivity contribution in [2.24, 2.45) is 11.7 Å². The molecule has 9 heteroatoms. The third-order valence-corrected chi connectivity index (χ3v) is 6.88. The van der Waals surface area contributed by atoms with Gasteiger partial charge < -0.3 is 16.4 Å². The fourth-order valence-corrected chi connectivity index (χ4v) is 4.98. The minimum atomic E-state index is 0.0919. The van der Waals surface area contributed by atoms with Gasteiger partial charge in [0.05, 0.1) is 11.1 Å². The molecule has 1 saturated carbocycles. The summed E-state index contributed by atoms with van der Waals surface area (Å²) in [7, 11) is 1.68. The summed E-state index contributed by atoms with van der Waals surface area (Å²) in [5.41, 5.74) is 8.74. The number of nitrogens with two attached hydrogens (primary N) is 1. The molecule has 33 heavy (non-hydrogen) atoms. The van der Waals surface area contributed by atoms with Crippen LogP contribution < -0.4 is 16.4 Å². The fourth-order valence-electron chi connectivity index (χ4n) is 4.54. The van der Waals surface area contributed by atoms with Gasteiger partial charge in [-0.3, -0.25) is 4.79 Å². The first kappa shape index (κ1) is 21.8. The molecule has 0 bridgehead atoms. The summed E-state index contributed by atoms with van der Waals surface area (Å²) in [6, 6.07) is 12.8. The van der Waals surface area contributed by atoms with E-state index in [0.717, 1.165) is 41.4 Å². The molecule has 1 amide bonds. The number of amides is 1. The minimum Gasteiger partial charge on any atom is -0.359 e. The lowest BCUT2D eigenvalue weighted by molar-refractivity contribution is -0.122. The Morgan fingerprint density at radius 2 is 2.06 bits per heavy atom. The van der Waals surface area contributed by atoms with E-state index >= 15 is 0 Å². The van der Waals surface area contributed by atoms with E-state index in [0.29, 0.717) is 29.4 Å². The van der Waals surface area contributed by atoms with Crippen LogP contribution in [-0.2, 0) is 11.2 Å². The molecule has 0 radical (unpaired) electrons. The quantitative estimate of drug-likeness (QED) is 0.352. The van der Waals surface area contributed by atoms with Gasteiger partial charge in [-0.15, -0.1) is 0 Å². The predicted molar refractivity (Wildman–Crippen MR) is 133 cm³/mol. The molecule has 0 saturated heterocycles. The lowest BCUT2D eigenvalue weighted by Crippen LogP contribution is -2.38. The standard InChI is InChI=1S/C24H26BrN7O/c1-27-21(33)10-14-8-17(9-14)29-24-28-13-20-22(25)31-32(23(20)30-24)18-11-15-4-2-3-5-19(15)16(12-18)6-7-26/h2-5,11-14,17H,6-10,26H2,1H3,(H,27,33)(H,28,29,30). The first-order valence-electron chi connectivity index (χ1n) is 11.2. The average molecular weight is 508 g/mol. The number of nitrogens with one attached hydrogen (secondary N) is 2. The second-order valence-corrected chi connectivity index (χ2v) is 9.31. The topological polar surface area (TPSA) is 111 Å². The van der Waals surface area contributed by atoms with Gasteiger partial charge in [-0.05, 0) is 76.1 Å². The highest BCUT2D eigenvalue weighted by Crippen LogP contribution is 2.33. The molecule has 2 heterocycles. The van der Waals surface area contributed by atoms with Crippen molar-refractivity contribution in [2.75, 3.05) is 18.9 Å². The Balaban J connectivity index is 1.46. The van der Waals surface area contributed by atoms with Gasteiger partial charge in [-0.1, -0.05) is 24.3 Å². The van der Waals surface area contributed by atoms with Gasteiger partial charge >= 0.3 is 0 Å². The zero-order valence-corrected chi connectivity index (χ0v) is 20.0. The Hall–Kier alpha value is -3.04. The van der Waals surface area contributed by atoms with Crippen LogP contribution in [0, 0.1) is 5.92 Å². The van der Waals surface area contributed by atoms with E-state index in [9.17, 15) is 4.79 Å². The molecule has 0 unspecified atom stereocenters. The van der Waals surface area contributed by atoms with Crippen LogP contribution in [-0.4, -0.2) is 45.3 Å². The molecule has 0 aliphatic heterocycles. The number of rotatable bonds is 7. The Morgan fingerprint density at radius 3 is 2.85 bits per heavy atom. The highest BCUT2D eigenvalue weighted by atomic mass is 79.9. The van der Waals surface area contributed by atoms with E-state index in [-0.39, 0.29) is 11.9 Å². The lowest BCUT2D eigenvalue weighted by Gasteiger charge is -2.35. The molecule has 0 spiro atoms. The van der Waals surface area contributed by atoms with Gasteiger partial charge in [0, 0.05) is 25.7 Å². The van der Waals surface area contributed by atoms with Crippen molar-refractivity contribution >= 4 is 49.6 Å². The molecule has 1 aliphatic rings. The summed E-state index contributed by atoms with van der Waals surface area (Å²) in [5.74, 6) is 1.07. The van der Waals surface area contributed by atoms with Gasteiger partial charge in [-0.25, -0.2) is 9.67 Å². The number of hydrogen-bond donors (Lipinski definition) is 3. The maximum absolute atomic E-state index is 11.6. The van der Waals surface area contributed by atoms with E-state index < -0.39 is 0 Å². The molecule has 0 atom stereocenters. The van der Waals surface area contributed by atoms with Crippen LogP contribution in [0.15, 0.2) is 47.2 Å². The van der Waals surface area contributed by atoms with E-state index in [2.05, 4.69) is 55.8 Å². The van der Waals surface area contributed by atoms with Crippen LogP contribution in [0.25, 0.3) is 27.5 Å². The second kappa shape index (κ2) is 9.07. The molecular weight excluding hydrogens is 482 g/mol. The molecule has 2 aromatic heterocycles. The number of nitrogens with zero attached hydrogens (tertiary/aromatic N) is 4. The molecule has 8 nitrogen and oxygen atoms in total. The third kappa shape index (κ3) is 4.30. The highest BCUT2D eigenvalue weighted by molar-refractivity contribution is 9.10. The second-order valence-electron chi connectivity index (χ2n) is 8.55. The van der Waals surface area contributed by atoms with Crippen molar-refractivity contribution in [1.29, 1.82) is 0 Å². The molecule has 4 aromatic rings. The number of hydrogen-bond acceptors (Lipinski definition) is 6. The van der Waals surface area contributed by atoms with Gasteiger partial charge in [0.25, 0.3) is 0 Å². The maximum Gasteiger partial charge on any atom is 0.224 e. The summed E-state index contributed by atoms with van der Waals surface area (Å²) in [6.45, 7) is 0.579.